The third-order valence-corrected chi connectivity index (χ3v) is 4.43. The Kier molecular flexibility index (Phi) is 7.40. The zero-order chi connectivity index (χ0) is 16.5. The fourth-order valence-electron chi connectivity index (χ4n) is 2.95. The van der Waals surface area contributed by atoms with Crippen LogP contribution in [0.3, 0.4) is 0 Å². The number of esters is 1. The molecule has 1 aliphatic rings. The van der Waals surface area contributed by atoms with Gasteiger partial charge < -0.3 is 14.4 Å². The van der Waals surface area contributed by atoms with Crippen molar-refractivity contribution in [3.8, 4) is 5.75 Å². The average Bonchev–Trinajstić information content (AvgIpc) is 2.60. The minimum atomic E-state index is -0.0222. The highest BCUT2D eigenvalue weighted by Gasteiger charge is 2.25. The molecule has 1 saturated heterocycles. The highest BCUT2D eigenvalue weighted by Crippen LogP contribution is 2.19. The van der Waals surface area contributed by atoms with Gasteiger partial charge in [0.1, 0.15) is 5.75 Å². The Morgan fingerprint density at radius 3 is 2.48 bits per heavy atom. The highest BCUT2D eigenvalue weighted by molar-refractivity contribution is 5.72. The smallest absolute Gasteiger partial charge is 0.309 e. The van der Waals surface area contributed by atoms with E-state index in [0.29, 0.717) is 6.61 Å². The van der Waals surface area contributed by atoms with Crippen molar-refractivity contribution in [2.45, 2.75) is 39.5 Å². The van der Waals surface area contributed by atoms with E-state index < -0.39 is 0 Å². The van der Waals surface area contributed by atoms with Gasteiger partial charge in [-0.3, -0.25) is 4.79 Å². The Bertz CT molecular complexity index is 464. The van der Waals surface area contributed by atoms with Gasteiger partial charge in [-0.1, -0.05) is 19.1 Å². The van der Waals surface area contributed by atoms with Gasteiger partial charge >= 0.3 is 5.97 Å². The Balaban J connectivity index is 1.59. The number of aryl methyl sites for hydroxylation is 1. The molecule has 0 saturated carbocycles. The van der Waals surface area contributed by atoms with Gasteiger partial charge in [-0.25, -0.2) is 0 Å². The van der Waals surface area contributed by atoms with Gasteiger partial charge in [0.2, 0.25) is 0 Å². The number of likely N-dealkylation sites (tertiary alicyclic amines) is 1. The number of ether oxygens (including phenoxy) is 2. The topological polar surface area (TPSA) is 38.8 Å². The van der Waals surface area contributed by atoms with Crippen molar-refractivity contribution in [2.75, 3.05) is 32.8 Å². The number of hydrogen-bond donors (Lipinski definition) is 0. The number of benzene rings is 1. The molecule has 4 nitrogen and oxygen atoms in total. The number of piperidine rings is 1. The lowest BCUT2D eigenvalue weighted by Crippen LogP contribution is -2.37. The van der Waals surface area contributed by atoms with Crippen LogP contribution in [-0.2, 0) is 16.0 Å². The maximum Gasteiger partial charge on any atom is 0.309 e. The Morgan fingerprint density at radius 1 is 1.17 bits per heavy atom. The summed E-state index contributed by atoms with van der Waals surface area (Å²) in [5.74, 6) is 1.02. The van der Waals surface area contributed by atoms with Crippen LogP contribution in [0.4, 0.5) is 0 Å². The quantitative estimate of drug-likeness (QED) is 0.544. The van der Waals surface area contributed by atoms with E-state index in [-0.39, 0.29) is 11.9 Å². The number of carbonyl (C=O) groups excluding carboxylic acids is 1. The molecule has 0 unspecified atom stereocenters. The van der Waals surface area contributed by atoms with Crippen LogP contribution in [0.25, 0.3) is 0 Å². The molecule has 0 spiro atoms. The van der Waals surface area contributed by atoms with E-state index in [1.54, 1.807) is 0 Å². The van der Waals surface area contributed by atoms with E-state index in [2.05, 4.69) is 24.0 Å². The van der Waals surface area contributed by atoms with E-state index >= 15 is 0 Å². The number of rotatable bonds is 8. The summed E-state index contributed by atoms with van der Waals surface area (Å²) in [6.45, 7) is 8.23. The predicted molar refractivity (Wildman–Crippen MR) is 91.7 cm³/mol. The molecule has 1 fully saturated rings. The summed E-state index contributed by atoms with van der Waals surface area (Å²) >= 11 is 0. The Morgan fingerprint density at radius 2 is 1.87 bits per heavy atom. The zero-order valence-electron chi connectivity index (χ0n) is 14.4. The van der Waals surface area contributed by atoms with Gasteiger partial charge in [-0.15, -0.1) is 0 Å². The summed E-state index contributed by atoms with van der Waals surface area (Å²) in [5, 5.41) is 0. The first-order valence-electron chi connectivity index (χ1n) is 8.83. The number of nitrogens with zero attached hydrogens (tertiary/aromatic N) is 1. The molecule has 0 N–H and O–H groups in total. The van der Waals surface area contributed by atoms with Gasteiger partial charge in [0.25, 0.3) is 0 Å². The first kappa shape index (κ1) is 17.8. The average molecular weight is 319 g/mol. The first-order chi connectivity index (χ1) is 11.2. The monoisotopic (exact) mass is 319 g/mol. The van der Waals surface area contributed by atoms with E-state index in [1.807, 2.05) is 19.1 Å². The number of carbonyl (C=O) groups is 1. The van der Waals surface area contributed by atoms with Crippen LogP contribution >= 0.6 is 0 Å². The van der Waals surface area contributed by atoms with Crippen LogP contribution in [0.2, 0.25) is 0 Å². The fourth-order valence-corrected chi connectivity index (χ4v) is 2.95. The molecule has 0 aliphatic carbocycles. The van der Waals surface area contributed by atoms with E-state index in [1.165, 1.54) is 5.56 Å². The van der Waals surface area contributed by atoms with Crippen LogP contribution in [-0.4, -0.2) is 43.7 Å². The van der Waals surface area contributed by atoms with Crippen molar-refractivity contribution in [3.05, 3.63) is 29.8 Å². The van der Waals surface area contributed by atoms with E-state index in [4.69, 9.17) is 9.47 Å². The second-order valence-electron chi connectivity index (χ2n) is 6.07. The molecule has 1 aliphatic heterocycles. The maximum atomic E-state index is 11.7. The molecule has 2 rings (SSSR count). The van der Waals surface area contributed by atoms with Crippen LogP contribution in [0.1, 0.15) is 38.7 Å². The van der Waals surface area contributed by atoms with Gasteiger partial charge in [0, 0.05) is 6.54 Å². The standard InChI is InChI=1S/C19H29NO3/c1-3-16-6-8-18(9-7-16)23-15-5-12-20-13-10-17(11-14-20)19(21)22-4-2/h6-9,17H,3-5,10-15H2,1-2H3. The third kappa shape index (κ3) is 5.87. The molecule has 1 aromatic carbocycles. The SMILES string of the molecule is CCOC(=O)C1CCN(CCCOc2ccc(CC)cc2)CC1. The maximum absolute atomic E-state index is 11.7. The second-order valence-corrected chi connectivity index (χ2v) is 6.07. The molecule has 23 heavy (non-hydrogen) atoms. The van der Waals surface area contributed by atoms with Crippen molar-refractivity contribution in [1.82, 2.24) is 4.90 Å². The van der Waals surface area contributed by atoms with Crippen LogP contribution in [0.5, 0.6) is 5.75 Å². The molecule has 0 amide bonds. The molecular formula is C19H29NO3. The van der Waals surface area contributed by atoms with Crippen molar-refractivity contribution < 1.29 is 14.3 Å². The summed E-state index contributed by atoms with van der Waals surface area (Å²) in [5.41, 5.74) is 1.34. The Labute approximate surface area is 139 Å². The van der Waals surface area contributed by atoms with E-state index in [0.717, 1.165) is 57.7 Å². The molecule has 0 radical (unpaired) electrons. The summed E-state index contributed by atoms with van der Waals surface area (Å²) in [7, 11) is 0. The lowest BCUT2D eigenvalue weighted by molar-refractivity contribution is -0.149. The summed E-state index contributed by atoms with van der Waals surface area (Å²) < 4.78 is 10.9. The van der Waals surface area contributed by atoms with Gasteiger partial charge in [0.05, 0.1) is 19.1 Å². The molecular weight excluding hydrogens is 290 g/mol. The van der Waals surface area contributed by atoms with E-state index in [9.17, 15) is 4.79 Å². The molecule has 0 aromatic heterocycles. The van der Waals surface area contributed by atoms with Gasteiger partial charge in [0.15, 0.2) is 0 Å². The normalized spacial score (nSPS) is 16.3. The number of hydrogen-bond acceptors (Lipinski definition) is 4. The zero-order valence-corrected chi connectivity index (χ0v) is 14.4. The van der Waals surface area contributed by atoms with Crippen molar-refractivity contribution >= 4 is 5.97 Å². The lowest BCUT2D eigenvalue weighted by Gasteiger charge is -2.30. The Hall–Kier alpha value is -1.55. The molecule has 1 heterocycles. The lowest BCUT2D eigenvalue weighted by atomic mass is 9.97. The van der Waals surface area contributed by atoms with Crippen LogP contribution < -0.4 is 4.74 Å². The highest BCUT2D eigenvalue weighted by atomic mass is 16.5. The fraction of sp³-hybridized carbons (Fsp3) is 0.632. The molecule has 4 heteroatoms. The second kappa shape index (κ2) is 9.56. The third-order valence-electron chi connectivity index (χ3n) is 4.43. The molecule has 0 atom stereocenters. The molecule has 1 aromatic rings. The van der Waals surface area contributed by atoms with Crippen molar-refractivity contribution in [1.29, 1.82) is 0 Å². The largest absolute Gasteiger partial charge is 0.494 e. The molecule has 128 valence electrons. The van der Waals surface area contributed by atoms with Crippen LogP contribution in [0.15, 0.2) is 24.3 Å². The summed E-state index contributed by atoms with van der Waals surface area (Å²) in [6.07, 6.45) is 3.90. The van der Waals surface area contributed by atoms with Crippen molar-refractivity contribution in [3.63, 3.8) is 0 Å². The minimum Gasteiger partial charge on any atom is -0.494 e. The molecule has 0 bridgehead atoms. The minimum absolute atomic E-state index is 0.0222. The summed E-state index contributed by atoms with van der Waals surface area (Å²) in [4.78, 5) is 14.1. The first-order valence-corrected chi connectivity index (χ1v) is 8.83. The predicted octanol–water partition coefficient (Wildman–Crippen LogP) is 3.29. The van der Waals surface area contributed by atoms with Gasteiger partial charge in [-0.2, -0.15) is 0 Å². The van der Waals surface area contributed by atoms with Crippen LogP contribution in [0, 0.1) is 5.92 Å². The van der Waals surface area contributed by atoms with Gasteiger partial charge in [-0.05, 0) is 63.4 Å². The summed E-state index contributed by atoms with van der Waals surface area (Å²) in [6, 6.07) is 8.33. The van der Waals surface area contributed by atoms with Crippen molar-refractivity contribution in [2.24, 2.45) is 5.92 Å².